The second-order valence-corrected chi connectivity index (χ2v) is 11.9. The van der Waals surface area contributed by atoms with E-state index < -0.39 is 5.97 Å². The Morgan fingerprint density at radius 1 is 0.953 bits per heavy atom. The molecule has 0 bridgehead atoms. The summed E-state index contributed by atoms with van der Waals surface area (Å²) in [6, 6.07) is 26.6. The Labute approximate surface area is 260 Å². The molecule has 2 heterocycles. The fourth-order valence-electron chi connectivity index (χ4n) is 5.97. The van der Waals surface area contributed by atoms with Crippen molar-refractivity contribution in [2.75, 3.05) is 13.7 Å². The number of carbonyl (C=O) groups excluding carboxylic acids is 2. The number of aromatic nitrogens is 1. The minimum absolute atomic E-state index is 0.0137. The summed E-state index contributed by atoms with van der Waals surface area (Å²) in [5.74, 6) is -0.000413. The number of nitrogens with zero attached hydrogens (tertiary/aromatic N) is 1. The molecule has 0 amide bonds. The van der Waals surface area contributed by atoms with Gasteiger partial charge in [0.25, 0.3) is 5.91 Å². The van der Waals surface area contributed by atoms with Gasteiger partial charge in [-0.05, 0) is 84.1 Å². The quantitative estimate of drug-likeness (QED) is 0.137. The van der Waals surface area contributed by atoms with Crippen LogP contribution >= 0.6 is 23.2 Å². The molecule has 6 rings (SSSR count). The Balaban J connectivity index is 1.21. The molecule has 0 N–H and O–H groups in total. The molecule has 3 atom stereocenters. The summed E-state index contributed by atoms with van der Waals surface area (Å²) >= 11 is 12.7. The van der Waals surface area contributed by atoms with Crippen LogP contribution in [0.15, 0.2) is 84.9 Å². The van der Waals surface area contributed by atoms with Crippen molar-refractivity contribution in [1.29, 1.82) is 0 Å². The van der Waals surface area contributed by atoms with E-state index in [1.807, 2.05) is 37.3 Å². The predicted octanol–water partition coefficient (Wildman–Crippen LogP) is 8.07. The maximum absolute atomic E-state index is 13.6. The van der Waals surface area contributed by atoms with E-state index in [9.17, 15) is 9.59 Å². The van der Waals surface area contributed by atoms with E-state index in [0.29, 0.717) is 46.0 Å². The van der Waals surface area contributed by atoms with Gasteiger partial charge in [0.1, 0.15) is 12.4 Å². The molecule has 0 spiro atoms. The van der Waals surface area contributed by atoms with E-state index in [1.165, 1.54) is 0 Å². The van der Waals surface area contributed by atoms with Crippen molar-refractivity contribution in [3.05, 3.63) is 112 Å². The van der Waals surface area contributed by atoms with Gasteiger partial charge >= 0.3 is 5.97 Å². The van der Waals surface area contributed by atoms with Crippen molar-refractivity contribution in [2.24, 2.45) is 0 Å². The van der Waals surface area contributed by atoms with Crippen LogP contribution in [-0.2, 0) is 20.7 Å². The highest BCUT2D eigenvalue weighted by Crippen LogP contribution is 2.37. The van der Waals surface area contributed by atoms with E-state index in [0.717, 1.165) is 21.7 Å². The number of hydrogen-bond acceptors (Lipinski definition) is 5. The third-order valence-electron chi connectivity index (χ3n) is 8.10. The zero-order chi connectivity index (χ0) is 30.1. The second kappa shape index (κ2) is 12.4. The Hall–Kier alpha value is -3.84. The SMILES string of the molecule is COc1ccc2c(c1)c(CC(=O)OC[C@@H]1C[C@H](Cl)C[C@H](c3cccc4ccccc34)O1)c(C)n2C(=O)c1ccc(Cl)cc1. The van der Waals surface area contributed by atoms with Crippen LogP contribution < -0.4 is 4.74 Å². The Bertz CT molecular complexity index is 1810. The molecule has 0 saturated carbocycles. The molecular formula is C35H31Cl2NO5. The first kappa shape index (κ1) is 29.2. The fraction of sp³-hybridized carbons (Fsp3) is 0.257. The van der Waals surface area contributed by atoms with E-state index in [-0.39, 0.29) is 36.5 Å². The molecule has 43 heavy (non-hydrogen) atoms. The number of methoxy groups -OCH3 is 1. The van der Waals surface area contributed by atoms with Crippen LogP contribution in [0.5, 0.6) is 5.75 Å². The molecule has 4 aromatic carbocycles. The Morgan fingerprint density at radius 2 is 1.72 bits per heavy atom. The average molecular weight is 617 g/mol. The highest BCUT2D eigenvalue weighted by molar-refractivity contribution is 6.30. The minimum Gasteiger partial charge on any atom is -0.497 e. The number of alkyl halides is 1. The van der Waals surface area contributed by atoms with Crippen LogP contribution in [0.1, 0.15) is 46.1 Å². The first-order valence-electron chi connectivity index (χ1n) is 14.2. The van der Waals surface area contributed by atoms with Crippen LogP contribution in [-0.4, -0.2) is 41.6 Å². The number of carbonyl (C=O) groups is 2. The molecule has 6 nitrogen and oxygen atoms in total. The zero-order valence-electron chi connectivity index (χ0n) is 23.9. The van der Waals surface area contributed by atoms with Gasteiger partial charge in [0, 0.05) is 27.0 Å². The lowest BCUT2D eigenvalue weighted by Crippen LogP contribution is -2.33. The van der Waals surface area contributed by atoms with Gasteiger partial charge in [0.2, 0.25) is 0 Å². The highest BCUT2D eigenvalue weighted by Gasteiger charge is 2.31. The number of rotatable bonds is 7. The molecule has 0 aliphatic carbocycles. The number of benzene rings is 4. The average Bonchev–Trinajstić information content (AvgIpc) is 3.29. The molecule has 220 valence electrons. The largest absolute Gasteiger partial charge is 0.497 e. The number of ether oxygens (including phenoxy) is 3. The standard InChI is InChI=1S/C35H31Cl2NO5/c1-21-30(31-18-26(41-2)14-15-32(31)38(21)35(40)23-10-12-24(36)13-11-23)19-34(39)42-20-27-16-25(37)17-33(43-27)29-9-5-7-22-6-3-4-8-28(22)29/h3-15,18,25,27,33H,16-17,19-20H2,1-2H3/t25-,27-,33+/m0/s1. The molecule has 8 heteroatoms. The lowest BCUT2D eigenvalue weighted by atomic mass is 9.94. The van der Waals surface area contributed by atoms with E-state index in [1.54, 1.807) is 42.0 Å². The monoisotopic (exact) mass is 615 g/mol. The van der Waals surface area contributed by atoms with Crippen molar-refractivity contribution >= 4 is 56.8 Å². The van der Waals surface area contributed by atoms with Gasteiger partial charge in [-0.3, -0.25) is 14.2 Å². The van der Waals surface area contributed by atoms with Gasteiger partial charge in [0.15, 0.2) is 0 Å². The van der Waals surface area contributed by atoms with Gasteiger partial charge in [0.05, 0.1) is 31.3 Å². The third kappa shape index (κ3) is 6.00. The van der Waals surface area contributed by atoms with Gasteiger partial charge in [-0.15, -0.1) is 11.6 Å². The van der Waals surface area contributed by atoms with E-state index in [4.69, 9.17) is 37.4 Å². The molecule has 1 saturated heterocycles. The normalized spacial score (nSPS) is 18.6. The second-order valence-electron chi connectivity index (χ2n) is 10.8. The first-order valence-corrected chi connectivity index (χ1v) is 15.0. The van der Waals surface area contributed by atoms with Crippen LogP contribution in [0.3, 0.4) is 0 Å². The minimum atomic E-state index is -0.411. The first-order chi connectivity index (χ1) is 20.8. The van der Waals surface area contributed by atoms with Crippen molar-refractivity contribution in [2.45, 2.75) is 43.8 Å². The molecule has 0 radical (unpaired) electrons. The van der Waals surface area contributed by atoms with Gasteiger partial charge in [-0.25, -0.2) is 0 Å². The maximum atomic E-state index is 13.6. The molecule has 1 fully saturated rings. The topological polar surface area (TPSA) is 66.8 Å². The van der Waals surface area contributed by atoms with Crippen LogP contribution in [0, 0.1) is 6.92 Å². The molecule has 1 aromatic heterocycles. The number of fused-ring (bicyclic) bond motifs is 2. The summed E-state index contributed by atoms with van der Waals surface area (Å²) in [6.45, 7) is 1.92. The summed E-state index contributed by atoms with van der Waals surface area (Å²) in [7, 11) is 1.58. The summed E-state index contributed by atoms with van der Waals surface area (Å²) in [4.78, 5) is 26.8. The van der Waals surface area contributed by atoms with Gasteiger partial charge < -0.3 is 14.2 Å². The van der Waals surface area contributed by atoms with Crippen molar-refractivity contribution in [1.82, 2.24) is 4.57 Å². The lowest BCUT2D eigenvalue weighted by molar-refractivity contribution is -0.151. The van der Waals surface area contributed by atoms with E-state index in [2.05, 4.69) is 24.3 Å². The van der Waals surface area contributed by atoms with Crippen LogP contribution in [0.4, 0.5) is 0 Å². The smallest absolute Gasteiger partial charge is 0.310 e. The maximum Gasteiger partial charge on any atom is 0.310 e. The van der Waals surface area contributed by atoms with Crippen LogP contribution in [0.25, 0.3) is 21.7 Å². The predicted molar refractivity (Wildman–Crippen MR) is 170 cm³/mol. The van der Waals surface area contributed by atoms with Gasteiger partial charge in [-0.2, -0.15) is 0 Å². The Kier molecular flexibility index (Phi) is 8.44. The summed E-state index contributed by atoms with van der Waals surface area (Å²) in [5, 5.41) is 3.47. The number of halogens is 2. The molecule has 0 unspecified atom stereocenters. The third-order valence-corrected chi connectivity index (χ3v) is 8.71. The fourth-order valence-corrected chi connectivity index (χ4v) is 6.46. The van der Waals surface area contributed by atoms with Gasteiger partial charge in [-0.1, -0.05) is 54.1 Å². The molecule has 5 aromatic rings. The number of hydrogen-bond donors (Lipinski definition) is 0. The summed E-state index contributed by atoms with van der Waals surface area (Å²) in [6.07, 6.45) is 0.722. The summed E-state index contributed by atoms with van der Waals surface area (Å²) < 4.78 is 19.3. The lowest BCUT2D eigenvalue weighted by Gasteiger charge is -2.33. The van der Waals surface area contributed by atoms with Crippen molar-refractivity contribution < 1.29 is 23.8 Å². The van der Waals surface area contributed by atoms with Crippen molar-refractivity contribution in [3.8, 4) is 5.75 Å². The van der Waals surface area contributed by atoms with E-state index >= 15 is 0 Å². The van der Waals surface area contributed by atoms with Crippen LogP contribution in [0.2, 0.25) is 5.02 Å². The zero-order valence-corrected chi connectivity index (χ0v) is 25.4. The molecule has 1 aliphatic rings. The highest BCUT2D eigenvalue weighted by atomic mass is 35.5. The molecule has 1 aliphatic heterocycles. The molecular weight excluding hydrogens is 585 g/mol. The Morgan fingerprint density at radius 3 is 2.51 bits per heavy atom. The van der Waals surface area contributed by atoms with Crippen molar-refractivity contribution in [3.63, 3.8) is 0 Å². The number of esters is 1. The summed E-state index contributed by atoms with van der Waals surface area (Å²) in [5.41, 5.74) is 3.61.